The first-order chi connectivity index (χ1) is 26.3. The van der Waals surface area contributed by atoms with Crippen LogP contribution in [0.3, 0.4) is 0 Å². The number of nitrogens with zero attached hydrogens (tertiary/aromatic N) is 1. The standard InChI is InChI=1S/C48H33NO3S/c1-4-13-32(14-5-1)36-25-28-42(41(31-36)33-15-6-2-7-16-33)49(48-46-45(50-29-30-51-46)47(53-48)35-17-8-3-9-18-35)37-26-23-34(24-27-37)38-20-12-21-40-39-19-10-11-22-43(39)52-44(38)40/h1-28,31H,29-30H2. The van der Waals surface area contributed by atoms with Gasteiger partial charge in [-0.25, -0.2) is 0 Å². The minimum atomic E-state index is 0.484. The van der Waals surface area contributed by atoms with Crippen LogP contribution in [-0.4, -0.2) is 13.2 Å². The zero-order valence-corrected chi connectivity index (χ0v) is 29.6. The molecule has 0 aliphatic carbocycles. The van der Waals surface area contributed by atoms with Gasteiger partial charge < -0.3 is 13.9 Å². The van der Waals surface area contributed by atoms with Crippen LogP contribution < -0.4 is 14.4 Å². The molecular weight excluding hydrogens is 671 g/mol. The normalized spacial score (nSPS) is 12.3. The lowest BCUT2D eigenvalue weighted by molar-refractivity contribution is 0.175. The van der Waals surface area contributed by atoms with Crippen LogP contribution in [0.25, 0.3) is 65.8 Å². The molecule has 0 N–H and O–H groups in total. The molecular formula is C48H33NO3S. The van der Waals surface area contributed by atoms with Crippen molar-refractivity contribution in [3.63, 3.8) is 0 Å². The Hall–Kier alpha value is -6.56. The Kier molecular flexibility index (Phi) is 7.77. The Bertz CT molecular complexity index is 2720. The molecule has 0 atom stereocenters. The largest absolute Gasteiger partial charge is 0.485 e. The van der Waals surface area contributed by atoms with Crippen molar-refractivity contribution < 1.29 is 13.9 Å². The lowest BCUT2D eigenvalue weighted by atomic mass is 9.96. The first-order valence-corrected chi connectivity index (χ1v) is 18.7. The van der Waals surface area contributed by atoms with Gasteiger partial charge in [0.15, 0.2) is 11.5 Å². The van der Waals surface area contributed by atoms with E-state index in [1.165, 1.54) is 5.56 Å². The molecule has 5 heteroatoms. The monoisotopic (exact) mass is 703 g/mol. The van der Waals surface area contributed by atoms with Gasteiger partial charge in [-0.3, -0.25) is 4.90 Å². The number of furan rings is 1. The van der Waals surface area contributed by atoms with Gasteiger partial charge in [-0.1, -0.05) is 146 Å². The molecule has 1 aliphatic rings. The van der Waals surface area contributed by atoms with Crippen molar-refractivity contribution in [1.82, 2.24) is 0 Å². The van der Waals surface area contributed by atoms with Crippen molar-refractivity contribution in [3.8, 4) is 55.3 Å². The van der Waals surface area contributed by atoms with E-state index in [4.69, 9.17) is 13.9 Å². The highest BCUT2D eigenvalue weighted by Crippen LogP contribution is 2.58. The summed E-state index contributed by atoms with van der Waals surface area (Å²) in [4.78, 5) is 3.39. The maximum Gasteiger partial charge on any atom is 0.197 e. The third-order valence-corrected chi connectivity index (χ3v) is 11.1. The average molecular weight is 704 g/mol. The molecule has 0 fully saturated rings. The van der Waals surface area contributed by atoms with Crippen LogP contribution in [0.15, 0.2) is 180 Å². The van der Waals surface area contributed by atoms with Gasteiger partial charge in [-0.05, 0) is 58.1 Å². The van der Waals surface area contributed by atoms with Crippen molar-refractivity contribution >= 4 is 49.7 Å². The second-order valence-corrected chi connectivity index (χ2v) is 14.1. The molecule has 2 aromatic heterocycles. The van der Waals surface area contributed by atoms with Gasteiger partial charge >= 0.3 is 0 Å². The highest BCUT2D eigenvalue weighted by molar-refractivity contribution is 7.20. The highest BCUT2D eigenvalue weighted by atomic mass is 32.1. The van der Waals surface area contributed by atoms with Gasteiger partial charge in [-0.2, -0.15) is 0 Å². The molecule has 10 rings (SSSR count). The average Bonchev–Trinajstić information content (AvgIpc) is 3.81. The molecule has 3 heterocycles. The molecule has 254 valence electrons. The number of thiophene rings is 1. The second kappa shape index (κ2) is 13.2. The second-order valence-electron chi connectivity index (χ2n) is 13.1. The Morgan fingerprint density at radius 3 is 1.81 bits per heavy atom. The van der Waals surface area contributed by atoms with E-state index >= 15 is 0 Å². The molecule has 53 heavy (non-hydrogen) atoms. The minimum Gasteiger partial charge on any atom is -0.485 e. The first-order valence-electron chi connectivity index (χ1n) is 17.8. The fraction of sp³-hybridized carbons (Fsp3) is 0.0417. The van der Waals surface area contributed by atoms with E-state index in [0.717, 1.165) is 88.1 Å². The van der Waals surface area contributed by atoms with E-state index in [-0.39, 0.29) is 0 Å². The maximum atomic E-state index is 6.52. The van der Waals surface area contributed by atoms with E-state index in [2.05, 4.69) is 163 Å². The molecule has 0 saturated heterocycles. The number of anilines is 3. The number of hydrogen-bond acceptors (Lipinski definition) is 5. The first kappa shape index (κ1) is 31.2. The molecule has 0 saturated carbocycles. The predicted molar refractivity (Wildman–Crippen MR) is 219 cm³/mol. The van der Waals surface area contributed by atoms with E-state index in [1.54, 1.807) is 11.3 Å². The quantitative estimate of drug-likeness (QED) is 0.165. The number of fused-ring (bicyclic) bond motifs is 4. The van der Waals surface area contributed by atoms with Crippen LogP contribution in [-0.2, 0) is 0 Å². The van der Waals surface area contributed by atoms with Crippen molar-refractivity contribution in [1.29, 1.82) is 0 Å². The number of para-hydroxylation sites is 2. The van der Waals surface area contributed by atoms with Crippen LogP contribution in [0.5, 0.6) is 11.5 Å². The molecule has 1 aliphatic heterocycles. The smallest absolute Gasteiger partial charge is 0.197 e. The molecule has 7 aromatic carbocycles. The topological polar surface area (TPSA) is 34.8 Å². The van der Waals surface area contributed by atoms with Crippen LogP contribution in [0, 0.1) is 0 Å². The van der Waals surface area contributed by atoms with Crippen LogP contribution in [0.4, 0.5) is 16.4 Å². The summed E-state index contributed by atoms with van der Waals surface area (Å²) in [7, 11) is 0. The molecule has 4 nitrogen and oxygen atoms in total. The summed E-state index contributed by atoms with van der Waals surface area (Å²) in [5, 5.41) is 3.21. The van der Waals surface area contributed by atoms with E-state index in [0.29, 0.717) is 13.2 Å². The van der Waals surface area contributed by atoms with Gasteiger partial charge in [-0.15, -0.1) is 11.3 Å². The summed E-state index contributed by atoms with van der Waals surface area (Å²) in [5.41, 5.74) is 11.6. The SMILES string of the molecule is c1ccc(-c2ccc(N(c3ccc(-c4cccc5c4oc4ccccc45)cc3)c3sc(-c4ccccc4)c4c3OCCO4)c(-c3ccccc3)c2)cc1. The lowest BCUT2D eigenvalue weighted by Gasteiger charge is -2.28. The summed E-state index contributed by atoms with van der Waals surface area (Å²) in [6.07, 6.45) is 0. The van der Waals surface area contributed by atoms with Crippen LogP contribution in [0.2, 0.25) is 0 Å². The van der Waals surface area contributed by atoms with Crippen molar-refractivity contribution in [2.24, 2.45) is 0 Å². The highest BCUT2D eigenvalue weighted by Gasteiger charge is 2.31. The molecule has 0 radical (unpaired) electrons. The van der Waals surface area contributed by atoms with Crippen LogP contribution >= 0.6 is 11.3 Å². The summed E-state index contributed by atoms with van der Waals surface area (Å²) in [6.45, 7) is 0.990. The zero-order valence-electron chi connectivity index (χ0n) is 28.7. The number of ether oxygens (including phenoxy) is 2. The van der Waals surface area contributed by atoms with E-state index < -0.39 is 0 Å². The number of benzene rings is 7. The summed E-state index contributed by atoms with van der Waals surface area (Å²) >= 11 is 1.70. The van der Waals surface area contributed by atoms with Crippen molar-refractivity contribution in [2.75, 3.05) is 18.1 Å². The lowest BCUT2D eigenvalue weighted by Crippen LogP contribution is -2.17. The van der Waals surface area contributed by atoms with Gasteiger partial charge in [0.05, 0.1) is 10.6 Å². The summed E-state index contributed by atoms with van der Waals surface area (Å²) in [5.74, 6) is 1.56. The number of rotatable bonds is 7. The van der Waals surface area contributed by atoms with Crippen LogP contribution in [0.1, 0.15) is 0 Å². The molecule has 0 bridgehead atoms. The fourth-order valence-corrected chi connectivity index (χ4v) is 8.61. The van der Waals surface area contributed by atoms with Gasteiger partial charge in [0.1, 0.15) is 29.4 Å². The Labute approximate surface area is 311 Å². The Morgan fingerprint density at radius 1 is 0.453 bits per heavy atom. The molecule has 9 aromatic rings. The maximum absolute atomic E-state index is 6.52. The molecule has 0 unspecified atom stereocenters. The minimum absolute atomic E-state index is 0.484. The fourth-order valence-electron chi connectivity index (χ4n) is 7.38. The van der Waals surface area contributed by atoms with Crippen molar-refractivity contribution in [3.05, 3.63) is 176 Å². The third kappa shape index (κ3) is 5.54. The van der Waals surface area contributed by atoms with E-state index in [9.17, 15) is 0 Å². The molecule has 0 spiro atoms. The molecule has 0 amide bonds. The zero-order chi connectivity index (χ0) is 35.1. The van der Waals surface area contributed by atoms with Gasteiger partial charge in [0.2, 0.25) is 0 Å². The third-order valence-electron chi connectivity index (χ3n) is 9.89. The van der Waals surface area contributed by atoms with E-state index in [1.807, 2.05) is 18.2 Å². The summed E-state index contributed by atoms with van der Waals surface area (Å²) < 4.78 is 19.3. The Balaban J connectivity index is 1.18. The Morgan fingerprint density at radius 2 is 1.06 bits per heavy atom. The number of hydrogen-bond donors (Lipinski definition) is 0. The summed E-state index contributed by atoms with van der Waals surface area (Å²) in [6, 6.07) is 61.8. The van der Waals surface area contributed by atoms with Crippen molar-refractivity contribution in [2.45, 2.75) is 0 Å². The predicted octanol–water partition coefficient (Wildman–Crippen LogP) is 13.6. The van der Waals surface area contributed by atoms with Gasteiger partial charge in [0, 0.05) is 27.6 Å². The van der Waals surface area contributed by atoms with Gasteiger partial charge in [0.25, 0.3) is 0 Å².